The molecule has 2 fully saturated rings. The summed E-state index contributed by atoms with van der Waals surface area (Å²) in [4.78, 5) is 31.5. The number of aryl methyl sites for hydroxylation is 1. The Morgan fingerprint density at radius 2 is 1.61 bits per heavy atom. The number of nitrogens with zero attached hydrogens (tertiary/aromatic N) is 1. The van der Waals surface area contributed by atoms with Crippen LogP contribution in [0.1, 0.15) is 81.3 Å². The van der Waals surface area contributed by atoms with Gasteiger partial charge in [0, 0.05) is 17.5 Å². The Morgan fingerprint density at radius 3 is 2.21 bits per heavy atom. The fraction of sp³-hybridized carbons (Fsp3) is 0.464. The maximum absolute atomic E-state index is 13.6. The van der Waals surface area contributed by atoms with Crippen molar-refractivity contribution in [1.82, 2.24) is 0 Å². The minimum atomic E-state index is -0.590. The van der Waals surface area contributed by atoms with Gasteiger partial charge in [0.05, 0.1) is 16.7 Å². The molecule has 2 bridgehead atoms. The van der Waals surface area contributed by atoms with Crippen molar-refractivity contribution in [3.05, 3.63) is 65.2 Å². The summed E-state index contributed by atoms with van der Waals surface area (Å²) in [6.07, 6.45) is 2.12. The highest BCUT2D eigenvalue weighted by molar-refractivity contribution is 6.06. The Bertz CT molecular complexity index is 1100. The van der Waals surface area contributed by atoms with E-state index in [4.69, 9.17) is 4.84 Å². The molecule has 0 saturated heterocycles. The molecule has 2 aliphatic carbocycles. The van der Waals surface area contributed by atoms with Gasteiger partial charge in [0.2, 0.25) is 5.91 Å². The zero-order valence-corrected chi connectivity index (χ0v) is 20.5. The van der Waals surface area contributed by atoms with Crippen LogP contribution < -0.4 is 5.32 Å². The molecule has 5 nitrogen and oxygen atoms in total. The highest BCUT2D eigenvalue weighted by Gasteiger charge is 2.71. The van der Waals surface area contributed by atoms with Crippen LogP contribution in [-0.2, 0) is 9.63 Å². The van der Waals surface area contributed by atoms with Crippen molar-refractivity contribution in [2.45, 2.75) is 66.7 Å². The van der Waals surface area contributed by atoms with Crippen LogP contribution in [0.4, 0.5) is 5.69 Å². The van der Waals surface area contributed by atoms with E-state index in [-0.39, 0.29) is 16.7 Å². The summed E-state index contributed by atoms with van der Waals surface area (Å²) in [5, 5.41) is 7.48. The van der Waals surface area contributed by atoms with Crippen molar-refractivity contribution in [3.8, 4) is 0 Å². The summed E-state index contributed by atoms with van der Waals surface area (Å²) in [5.41, 5.74) is 3.17. The van der Waals surface area contributed by atoms with Gasteiger partial charge in [-0.05, 0) is 60.9 Å². The second-order valence-electron chi connectivity index (χ2n) is 10.7. The molecular formula is C28H34N2O3. The molecule has 2 saturated carbocycles. The molecular weight excluding hydrogens is 412 g/mol. The average Bonchev–Trinajstić information content (AvgIpc) is 3.09. The lowest BCUT2D eigenvalue weighted by Crippen LogP contribution is -2.43. The number of amides is 1. The standard InChI is InChI=1S/C28H34N2O3/c1-18(2)20-11-13-22(14-12-20)29-25(32)28-16-15-27(6,26(28,4)5)23(17-28)30-33-24(31)21-9-7-19(3)8-10-21/h7-14,18H,15-17H2,1-6H3,(H,29,32)/b30-23-. The largest absolute Gasteiger partial charge is 0.365 e. The summed E-state index contributed by atoms with van der Waals surface area (Å²) in [5.74, 6) is -0.0157. The molecule has 174 valence electrons. The smallest absolute Gasteiger partial charge is 0.326 e. The van der Waals surface area contributed by atoms with Crippen molar-refractivity contribution in [2.75, 3.05) is 5.32 Å². The first-order chi connectivity index (χ1) is 15.5. The van der Waals surface area contributed by atoms with Gasteiger partial charge in [-0.25, -0.2) is 4.79 Å². The predicted octanol–water partition coefficient (Wildman–Crippen LogP) is 6.49. The fourth-order valence-electron chi connectivity index (χ4n) is 5.56. The lowest BCUT2D eigenvalue weighted by molar-refractivity contribution is -0.130. The number of nitrogens with one attached hydrogen (secondary N) is 1. The third kappa shape index (κ3) is 3.68. The molecule has 33 heavy (non-hydrogen) atoms. The van der Waals surface area contributed by atoms with Gasteiger partial charge in [0.25, 0.3) is 0 Å². The zero-order chi connectivity index (χ0) is 24.0. The van der Waals surface area contributed by atoms with Gasteiger partial charge in [-0.3, -0.25) is 4.79 Å². The van der Waals surface area contributed by atoms with Crippen molar-refractivity contribution in [1.29, 1.82) is 0 Å². The number of rotatable bonds is 5. The molecule has 1 N–H and O–H groups in total. The number of anilines is 1. The average molecular weight is 447 g/mol. The van der Waals surface area contributed by atoms with Gasteiger partial charge in [-0.15, -0.1) is 0 Å². The summed E-state index contributed by atoms with van der Waals surface area (Å²) in [6, 6.07) is 15.3. The molecule has 0 aromatic heterocycles. The molecule has 2 aromatic carbocycles. The first-order valence-corrected chi connectivity index (χ1v) is 11.8. The minimum absolute atomic E-state index is 0.0172. The molecule has 5 heteroatoms. The molecule has 0 radical (unpaired) electrons. The number of fused-ring (bicyclic) bond motifs is 2. The summed E-state index contributed by atoms with van der Waals surface area (Å²) < 4.78 is 0. The second-order valence-corrected chi connectivity index (χ2v) is 10.7. The Balaban J connectivity index is 1.55. The van der Waals surface area contributed by atoms with Crippen molar-refractivity contribution < 1.29 is 14.4 Å². The number of carbonyl (C=O) groups is 2. The summed E-state index contributed by atoms with van der Waals surface area (Å²) in [7, 11) is 0. The summed E-state index contributed by atoms with van der Waals surface area (Å²) >= 11 is 0. The number of benzene rings is 2. The molecule has 2 atom stereocenters. The Morgan fingerprint density at radius 1 is 0.970 bits per heavy atom. The van der Waals surface area contributed by atoms with Crippen LogP contribution >= 0.6 is 0 Å². The Labute approximate surface area is 196 Å². The third-order valence-corrected chi connectivity index (χ3v) is 8.53. The fourth-order valence-corrected chi connectivity index (χ4v) is 5.56. The van der Waals surface area contributed by atoms with E-state index in [1.807, 2.05) is 31.2 Å². The number of hydrogen-bond donors (Lipinski definition) is 1. The van der Waals surface area contributed by atoms with Gasteiger partial charge in [0.1, 0.15) is 0 Å². The third-order valence-electron chi connectivity index (χ3n) is 8.53. The minimum Gasteiger partial charge on any atom is -0.326 e. The first kappa shape index (κ1) is 23.2. The van der Waals surface area contributed by atoms with Crippen molar-refractivity contribution in [2.24, 2.45) is 21.4 Å². The van der Waals surface area contributed by atoms with Gasteiger partial charge < -0.3 is 10.2 Å². The molecule has 0 aliphatic heterocycles. The molecule has 0 heterocycles. The lowest BCUT2D eigenvalue weighted by Gasteiger charge is -2.39. The van der Waals surface area contributed by atoms with E-state index in [1.165, 1.54) is 5.56 Å². The van der Waals surface area contributed by atoms with Crippen LogP contribution in [0, 0.1) is 23.2 Å². The zero-order valence-electron chi connectivity index (χ0n) is 20.5. The van der Waals surface area contributed by atoms with Crippen LogP contribution in [0.5, 0.6) is 0 Å². The van der Waals surface area contributed by atoms with Gasteiger partial charge >= 0.3 is 5.97 Å². The molecule has 0 spiro atoms. The van der Waals surface area contributed by atoms with Gasteiger partial charge in [-0.2, -0.15) is 0 Å². The van der Waals surface area contributed by atoms with Crippen LogP contribution in [-0.4, -0.2) is 17.6 Å². The number of oxime groups is 1. The summed E-state index contributed by atoms with van der Waals surface area (Å²) in [6.45, 7) is 12.7. The van der Waals surface area contributed by atoms with Crippen LogP contribution in [0.3, 0.4) is 0 Å². The van der Waals surface area contributed by atoms with E-state index < -0.39 is 11.4 Å². The monoisotopic (exact) mass is 446 g/mol. The number of carbonyl (C=O) groups excluding carboxylic acids is 2. The van der Waals surface area contributed by atoms with E-state index >= 15 is 0 Å². The predicted molar refractivity (Wildman–Crippen MR) is 131 cm³/mol. The number of hydrogen-bond acceptors (Lipinski definition) is 4. The van der Waals surface area contributed by atoms with E-state index in [0.717, 1.165) is 29.8 Å². The van der Waals surface area contributed by atoms with Gasteiger partial charge in [-0.1, -0.05) is 69.6 Å². The van der Waals surface area contributed by atoms with Crippen LogP contribution in [0.15, 0.2) is 53.7 Å². The highest BCUT2D eigenvalue weighted by atomic mass is 16.7. The Kier molecular flexibility index (Phi) is 5.71. The Hall–Kier alpha value is -2.95. The normalized spacial score (nSPS) is 26.6. The van der Waals surface area contributed by atoms with Crippen LogP contribution in [0.25, 0.3) is 0 Å². The van der Waals surface area contributed by atoms with Crippen molar-refractivity contribution in [3.63, 3.8) is 0 Å². The molecule has 1 amide bonds. The van der Waals surface area contributed by atoms with E-state index in [2.05, 4.69) is 57.2 Å². The molecule has 2 unspecified atom stereocenters. The lowest BCUT2D eigenvalue weighted by atomic mass is 9.64. The topological polar surface area (TPSA) is 67.8 Å². The first-order valence-electron chi connectivity index (χ1n) is 11.8. The van der Waals surface area contributed by atoms with E-state index in [9.17, 15) is 9.59 Å². The highest BCUT2D eigenvalue weighted by Crippen LogP contribution is 2.71. The molecule has 2 aromatic rings. The van der Waals surface area contributed by atoms with Crippen molar-refractivity contribution >= 4 is 23.3 Å². The van der Waals surface area contributed by atoms with E-state index in [0.29, 0.717) is 17.9 Å². The molecule has 4 rings (SSSR count). The SMILES string of the molecule is Cc1ccc(C(=O)O/N=C2/CC3(C(=O)Nc4ccc(C(C)C)cc4)CCC2(C)C3(C)C)cc1. The van der Waals surface area contributed by atoms with Crippen LogP contribution in [0.2, 0.25) is 0 Å². The maximum Gasteiger partial charge on any atom is 0.365 e. The second kappa shape index (κ2) is 8.12. The molecule has 2 aliphatic rings. The quantitative estimate of drug-likeness (QED) is 0.422. The maximum atomic E-state index is 13.6. The van der Waals surface area contributed by atoms with E-state index in [1.54, 1.807) is 12.1 Å². The van der Waals surface area contributed by atoms with Gasteiger partial charge in [0.15, 0.2) is 0 Å².